The number of esters is 1. The van der Waals surface area contributed by atoms with Gasteiger partial charge in [0.05, 0.1) is 13.2 Å². The van der Waals surface area contributed by atoms with Crippen molar-refractivity contribution in [3.05, 3.63) is 0 Å². The molecule has 4 nitrogen and oxygen atoms in total. The van der Waals surface area contributed by atoms with Crippen molar-refractivity contribution in [2.75, 3.05) is 13.2 Å². The Bertz CT molecular complexity index is 159. The lowest BCUT2D eigenvalue weighted by molar-refractivity contribution is -0.150. The molecule has 1 heterocycles. The molecule has 2 atom stereocenters. The van der Waals surface area contributed by atoms with Crippen LogP contribution in [-0.2, 0) is 14.3 Å². The number of carbonyl (C=O) groups excluding carboxylic acids is 1. The maximum atomic E-state index is 11.1. The number of rotatable bonds is 3. The SMILES string of the molecule is CCC(N)C(=O)OC1CCOC1.Cl. The fraction of sp³-hybridized carbons (Fsp3) is 0.875. The molecule has 1 aliphatic heterocycles. The highest BCUT2D eigenvalue weighted by atomic mass is 35.5. The van der Waals surface area contributed by atoms with Crippen LogP contribution in [0.2, 0.25) is 0 Å². The molecular weight excluding hydrogens is 194 g/mol. The second-order valence-corrected chi connectivity index (χ2v) is 2.94. The molecule has 2 N–H and O–H groups in total. The van der Waals surface area contributed by atoms with Crippen molar-refractivity contribution < 1.29 is 14.3 Å². The highest BCUT2D eigenvalue weighted by molar-refractivity contribution is 5.85. The highest BCUT2D eigenvalue weighted by Gasteiger charge is 2.22. The number of hydrogen-bond donors (Lipinski definition) is 1. The summed E-state index contributed by atoms with van der Waals surface area (Å²) < 4.78 is 10.1. The summed E-state index contributed by atoms with van der Waals surface area (Å²) in [6.07, 6.45) is 1.34. The Kier molecular flexibility index (Phi) is 6.03. The maximum absolute atomic E-state index is 11.1. The van der Waals surface area contributed by atoms with E-state index in [0.717, 1.165) is 6.42 Å². The normalized spacial score (nSPS) is 23.4. The summed E-state index contributed by atoms with van der Waals surface area (Å²) >= 11 is 0. The van der Waals surface area contributed by atoms with Crippen LogP contribution in [0.15, 0.2) is 0 Å². The van der Waals surface area contributed by atoms with Gasteiger partial charge in [-0.1, -0.05) is 6.92 Å². The minimum atomic E-state index is -0.481. The molecule has 0 radical (unpaired) electrons. The number of ether oxygens (including phenoxy) is 2. The van der Waals surface area contributed by atoms with E-state index in [9.17, 15) is 4.79 Å². The molecule has 1 aliphatic rings. The van der Waals surface area contributed by atoms with Gasteiger partial charge in [0.2, 0.25) is 0 Å². The van der Waals surface area contributed by atoms with Crippen LogP contribution >= 0.6 is 12.4 Å². The Morgan fingerprint density at radius 2 is 2.46 bits per heavy atom. The van der Waals surface area contributed by atoms with Gasteiger partial charge < -0.3 is 15.2 Å². The van der Waals surface area contributed by atoms with E-state index in [1.165, 1.54) is 0 Å². The summed E-state index contributed by atoms with van der Waals surface area (Å²) in [5.74, 6) is -0.312. The van der Waals surface area contributed by atoms with Crippen LogP contribution in [0.4, 0.5) is 0 Å². The Hall–Kier alpha value is -0.320. The van der Waals surface area contributed by atoms with Crippen molar-refractivity contribution in [2.45, 2.75) is 31.9 Å². The molecule has 78 valence electrons. The van der Waals surface area contributed by atoms with Gasteiger partial charge in [0, 0.05) is 6.42 Å². The molecule has 1 saturated heterocycles. The zero-order chi connectivity index (χ0) is 8.97. The molecule has 0 bridgehead atoms. The van der Waals surface area contributed by atoms with Gasteiger partial charge in [-0.05, 0) is 6.42 Å². The van der Waals surface area contributed by atoms with Crippen LogP contribution in [0.5, 0.6) is 0 Å². The number of halogens is 1. The van der Waals surface area contributed by atoms with Crippen molar-refractivity contribution in [3.8, 4) is 0 Å². The fourth-order valence-corrected chi connectivity index (χ4v) is 1.02. The largest absolute Gasteiger partial charge is 0.459 e. The summed E-state index contributed by atoms with van der Waals surface area (Å²) in [6.45, 7) is 3.05. The van der Waals surface area contributed by atoms with Gasteiger partial charge in [-0.2, -0.15) is 0 Å². The zero-order valence-corrected chi connectivity index (χ0v) is 8.51. The van der Waals surface area contributed by atoms with Gasteiger partial charge in [0.1, 0.15) is 12.1 Å². The summed E-state index contributed by atoms with van der Waals surface area (Å²) in [5, 5.41) is 0. The first-order valence-corrected chi connectivity index (χ1v) is 4.28. The molecule has 1 fully saturated rings. The van der Waals surface area contributed by atoms with Gasteiger partial charge in [0.15, 0.2) is 0 Å². The number of carbonyl (C=O) groups is 1. The lowest BCUT2D eigenvalue weighted by Gasteiger charge is -2.13. The van der Waals surface area contributed by atoms with Crippen molar-refractivity contribution in [3.63, 3.8) is 0 Å². The van der Waals surface area contributed by atoms with Crippen LogP contribution in [0.25, 0.3) is 0 Å². The van der Waals surface area contributed by atoms with Crippen LogP contribution < -0.4 is 5.73 Å². The van der Waals surface area contributed by atoms with E-state index in [4.69, 9.17) is 15.2 Å². The number of nitrogens with two attached hydrogens (primary N) is 1. The lowest BCUT2D eigenvalue weighted by atomic mass is 10.2. The van der Waals surface area contributed by atoms with E-state index < -0.39 is 6.04 Å². The van der Waals surface area contributed by atoms with Gasteiger partial charge in [-0.15, -0.1) is 12.4 Å². The predicted molar refractivity (Wildman–Crippen MR) is 50.8 cm³/mol. The summed E-state index contributed by atoms with van der Waals surface area (Å²) in [6, 6.07) is -0.481. The fourth-order valence-electron chi connectivity index (χ4n) is 1.02. The topological polar surface area (TPSA) is 61.6 Å². The Morgan fingerprint density at radius 3 is 2.92 bits per heavy atom. The molecule has 0 aromatic heterocycles. The van der Waals surface area contributed by atoms with Crippen molar-refractivity contribution in [1.29, 1.82) is 0 Å². The molecule has 0 aromatic rings. The molecule has 0 spiro atoms. The monoisotopic (exact) mass is 209 g/mol. The summed E-state index contributed by atoms with van der Waals surface area (Å²) in [5.41, 5.74) is 5.48. The highest BCUT2D eigenvalue weighted by Crippen LogP contribution is 2.09. The van der Waals surface area contributed by atoms with Gasteiger partial charge in [-0.25, -0.2) is 0 Å². The van der Waals surface area contributed by atoms with Gasteiger partial charge >= 0.3 is 5.97 Å². The zero-order valence-electron chi connectivity index (χ0n) is 7.69. The van der Waals surface area contributed by atoms with E-state index in [1.807, 2.05) is 6.92 Å². The summed E-state index contributed by atoms with van der Waals surface area (Å²) in [7, 11) is 0. The van der Waals surface area contributed by atoms with E-state index >= 15 is 0 Å². The molecule has 5 heteroatoms. The third kappa shape index (κ3) is 3.93. The Labute approximate surface area is 84.2 Å². The Balaban J connectivity index is 0.00000144. The molecular formula is C8H16ClNO3. The van der Waals surface area contributed by atoms with Gasteiger partial charge in [-0.3, -0.25) is 4.79 Å². The smallest absolute Gasteiger partial charge is 0.323 e. The van der Waals surface area contributed by atoms with Crippen LogP contribution in [-0.4, -0.2) is 31.3 Å². The Morgan fingerprint density at radius 1 is 1.77 bits per heavy atom. The predicted octanol–water partition coefficient (Wildman–Crippen LogP) is 0.478. The van der Waals surface area contributed by atoms with E-state index in [-0.39, 0.29) is 24.5 Å². The maximum Gasteiger partial charge on any atom is 0.323 e. The quantitative estimate of drug-likeness (QED) is 0.687. The average molecular weight is 210 g/mol. The second-order valence-electron chi connectivity index (χ2n) is 2.94. The molecule has 0 saturated carbocycles. The standard InChI is InChI=1S/C8H15NO3.ClH/c1-2-7(9)8(10)12-6-3-4-11-5-6;/h6-7H,2-5,9H2,1H3;1H. The van der Waals surface area contributed by atoms with Crippen molar-refractivity contribution in [1.82, 2.24) is 0 Å². The molecule has 2 unspecified atom stereocenters. The molecule has 13 heavy (non-hydrogen) atoms. The van der Waals surface area contributed by atoms with Crippen LogP contribution in [0.1, 0.15) is 19.8 Å². The van der Waals surface area contributed by atoms with E-state index in [0.29, 0.717) is 19.6 Å². The van der Waals surface area contributed by atoms with Crippen LogP contribution in [0, 0.1) is 0 Å². The third-order valence-electron chi connectivity index (χ3n) is 1.91. The average Bonchev–Trinajstić information content (AvgIpc) is 2.55. The second kappa shape index (κ2) is 6.18. The molecule has 0 aromatic carbocycles. The van der Waals surface area contributed by atoms with E-state index in [2.05, 4.69) is 0 Å². The summed E-state index contributed by atoms with van der Waals surface area (Å²) in [4.78, 5) is 11.1. The van der Waals surface area contributed by atoms with Crippen molar-refractivity contribution in [2.24, 2.45) is 5.73 Å². The van der Waals surface area contributed by atoms with Crippen molar-refractivity contribution >= 4 is 18.4 Å². The molecule has 0 amide bonds. The third-order valence-corrected chi connectivity index (χ3v) is 1.91. The first-order chi connectivity index (χ1) is 5.74. The molecule has 1 rings (SSSR count). The van der Waals surface area contributed by atoms with E-state index in [1.54, 1.807) is 0 Å². The number of hydrogen-bond acceptors (Lipinski definition) is 4. The minimum Gasteiger partial charge on any atom is -0.459 e. The first-order valence-electron chi connectivity index (χ1n) is 4.28. The minimum absolute atomic E-state index is 0. The van der Waals surface area contributed by atoms with Gasteiger partial charge in [0.25, 0.3) is 0 Å². The molecule has 0 aliphatic carbocycles. The lowest BCUT2D eigenvalue weighted by Crippen LogP contribution is -2.34. The van der Waals surface area contributed by atoms with Crippen LogP contribution in [0.3, 0.4) is 0 Å². The first kappa shape index (κ1) is 12.7.